The van der Waals surface area contributed by atoms with E-state index in [4.69, 9.17) is 25.6 Å². The summed E-state index contributed by atoms with van der Waals surface area (Å²) >= 11 is 0. The number of alkyl carbamates (subject to hydrolysis) is 1. The monoisotopic (exact) mass is 375 g/mol. The van der Waals surface area contributed by atoms with E-state index < -0.39 is 18.2 Å². The molecule has 0 saturated heterocycles. The summed E-state index contributed by atoms with van der Waals surface area (Å²) in [5.41, 5.74) is 6.49. The number of carbonyl (C=O) groups is 2. The second-order valence-electron chi connectivity index (χ2n) is 4.99. The zero-order chi connectivity index (χ0) is 20.0. The molecule has 1 amide bonds. The van der Waals surface area contributed by atoms with Gasteiger partial charge in [0.15, 0.2) is 0 Å². The van der Waals surface area contributed by atoms with Crippen LogP contribution in [0.1, 0.15) is 24.8 Å². The van der Waals surface area contributed by atoms with E-state index in [9.17, 15) is 18.0 Å². The smallest absolute Gasteiger partial charge is 0.475 e. The summed E-state index contributed by atoms with van der Waals surface area (Å²) in [4.78, 5) is 20.5. The molecule has 0 aromatic heterocycles. The summed E-state index contributed by atoms with van der Waals surface area (Å²) in [6.45, 7) is 0.577. The molecule has 1 atom stereocenters. The number of ether oxygens (including phenoxy) is 1. The Balaban J connectivity index is 0.000000758. The fourth-order valence-corrected chi connectivity index (χ4v) is 1.61. The first-order chi connectivity index (χ1) is 12.2. The largest absolute Gasteiger partial charge is 0.490 e. The molecular formula is C16H20F3N3O4. The third-order valence-electron chi connectivity index (χ3n) is 2.90. The van der Waals surface area contributed by atoms with Crippen molar-refractivity contribution in [3.05, 3.63) is 35.9 Å². The molecule has 7 nitrogen and oxygen atoms in total. The SMILES string of the molecule is N#CCCCC(CN)NC(=O)OCc1ccccc1.O=C(O)C(F)(F)F. The number of nitrogens with one attached hydrogen (secondary N) is 1. The van der Waals surface area contributed by atoms with E-state index >= 15 is 0 Å². The topological polar surface area (TPSA) is 125 Å². The molecule has 1 unspecified atom stereocenters. The lowest BCUT2D eigenvalue weighted by atomic mass is 10.1. The summed E-state index contributed by atoms with van der Waals surface area (Å²) in [5.74, 6) is -2.76. The van der Waals surface area contributed by atoms with Gasteiger partial charge >= 0.3 is 18.2 Å². The van der Waals surface area contributed by atoms with Gasteiger partial charge in [0.25, 0.3) is 0 Å². The molecule has 1 rings (SSSR count). The molecule has 0 saturated carbocycles. The Hall–Kier alpha value is -2.80. The zero-order valence-electron chi connectivity index (χ0n) is 13.8. The predicted octanol–water partition coefficient (Wildman–Crippen LogP) is 2.57. The van der Waals surface area contributed by atoms with Crippen LogP contribution < -0.4 is 11.1 Å². The number of halogens is 3. The van der Waals surface area contributed by atoms with Gasteiger partial charge in [-0.05, 0) is 18.4 Å². The fourth-order valence-electron chi connectivity index (χ4n) is 1.61. The van der Waals surface area contributed by atoms with Crippen LogP contribution in [0.5, 0.6) is 0 Å². The molecular weight excluding hydrogens is 355 g/mol. The highest BCUT2D eigenvalue weighted by molar-refractivity contribution is 5.73. The van der Waals surface area contributed by atoms with Crippen molar-refractivity contribution in [3.8, 4) is 6.07 Å². The van der Waals surface area contributed by atoms with E-state index in [0.29, 0.717) is 19.4 Å². The van der Waals surface area contributed by atoms with Gasteiger partial charge in [0.05, 0.1) is 6.07 Å². The minimum atomic E-state index is -5.08. The molecule has 26 heavy (non-hydrogen) atoms. The summed E-state index contributed by atoms with van der Waals surface area (Å²) in [6, 6.07) is 11.4. The van der Waals surface area contributed by atoms with Crippen molar-refractivity contribution in [2.24, 2.45) is 5.73 Å². The summed E-state index contributed by atoms with van der Waals surface area (Å²) in [5, 5.41) is 18.3. The third-order valence-corrected chi connectivity index (χ3v) is 2.90. The summed E-state index contributed by atoms with van der Waals surface area (Å²) < 4.78 is 36.8. The molecule has 0 aliphatic heterocycles. The Kier molecular flexibility index (Phi) is 11.2. The van der Waals surface area contributed by atoms with Crippen LogP contribution in [-0.4, -0.2) is 35.9 Å². The third kappa shape index (κ3) is 11.7. The first kappa shape index (κ1) is 23.2. The van der Waals surface area contributed by atoms with Crippen LogP contribution in [0.3, 0.4) is 0 Å². The van der Waals surface area contributed by atoms with Crippen molar-refractivity contribution in [1.82, 2.24) is 5.32 Å². The van der Waals surface area contributed by atoms with E-state index in [0.717, 1.165) is 12.0 Å². The molecule has 0 aliphatic carbocycles. The normalized spacial score (nSPS) is 11.3. The molecule has 144 valence electrons. The standard InChI is InChI=1S/C14H19N3O2.C2HF3O2/c15-9-5-4-8-13(10-16)17-14(18)19-11-12-6-2-1-3-7-12;3-2(4,5)1(6)7/h1-3,6-7,13H,4-5,8,10-11,16H2,(H,17,18);(H,6,7). The number of carbonyl (C=O) groups excluding carboxylic acids is 1. The molecule has 10 heteroatoms. The van der Waals surface area contributed by atoms with Crippen LogP contribution in [-0.2, 0) is 16.1 Å². The van der Waals surface area contributed by atoms with Gasteiger partial charge in [0.2, 0.25) is 0 Å². The Morgan fingerprint density at radius 2 is 1.88 bits per heavy atom. The second-order valence-corrected chi connectivity index (χ2v) is 4.99. The summed E-state index contributed by atoms with van der Waals surface area (Å²) in [7, 11) is 0. The van der Waals surface area contributed by atoms with Crippen LogP contribution in [0, 0.1) is 11.3 Å². The molecule has 0 bridgehead atoms. The molecule has 0 aliphatic rings. The summed E-state index contributed by atoms with van der Waals surface area (Å²) in [6.07, 6.45) is -3.68. The Morgan fingerprint density at radius 1 is 1.31 bits per heavy atom. The molecule has 0 fully saturated rings. The van der Waals surface area contributed by atoms with Gasteiger partial charge in [-0.2, -0.15) is 18.4 Å². The number of hydrogen-bond donors (Lipinski definition) is 3. The zero-order valence-corrected chi connectivity index (χ0v) is 13.8. The second kappa shape index (κ2) is 12.5. The average molecular weight is 375 g/mol. The van der Waals surface area contributed by atoms with E-state index in [1.165, 1.54) is 0 Å². The Bertz CT molecular complexity index is 589. The number of rotatable bonds is 7. The van der Waals surface area contributed by atoms with Crippen molar-refractivity contribution < 1.29 is 32.6 Å². The number of nitriles is 1. The van der Waals surface area contributed by atoms with Crippen molar-refractivity contribution in [2.75, 3.05) is 6.54 Å². The first-order valence-electron chi connectivity index (χ1n) is 7.55. The molecule has 0 spiro atoms. The number of hydrogen-bond acceptors (Lipinski definition) is 5. The quantitative estimate of drug-likeness (QED) is 0.629. The van der Waals surface area contributed by atoms with Crippen molar-refractivity contribution >= 4 is 12.1 Å². The number of carboxylic acids is 1. The van der Waals surface area contributed by atoms with Crippen LogP contribution in [0.2, 0.25) is 0 Å². The number of amides is 1. The number of alkyl halides is 3. The van der Waals surface area contributed by atoms with Gasteiger partial charge in [-0.15, -0.1) is 0 Å². The lowest BCUT2D eigenvalue weighted by Gasteiger charge is -2.16. The maximum atomic E-state index is 11.6. The maximum absolute atomic E-state index is 11.6. The highest BCUT2D eigenvalue weighted by atomic mass is 19.4. The highest BCUT2D eigenvalue weighted by Crippen LogP contribution is 2.13. The average Bonchev–Trinajstić information content (AvgIpc) is 2.60. The van der Waals surface area contributed by atoms with Gasteiger partial charge < -0.3 is 20.9 Å². The van der Waals surface area contributed by atoms with Gasteiger partial charge in [-0.3, -0.25) is 0 Å². The van der Waals surface area contributed by atoms with Crippen LogP contribution in [0.4, 0.5) is 18.0 Å². The van der Waals surface area contributed by atoms with Crippen molar-refractivity contribution in [3.63, 3.8) is 0 Å². The first-order valence-corrected chi connectivity index (χ1v) is 7.55. The number of aliphatic carboxylic acids is 1. The Labute approximate surface area is 148 Å². The molecule has 4 N–H and O–H groups in total. The lowest BCUT2D eigenvalue weighted by molar-refractivity contribution is -0.192. The van der Waals surface area contributed by atoms with Crippen LogP contribution in [0.15, 0.2) is 30.3 Å². The Morgan fingerprint density at radius 3 is 2.35 bits per heavy atom. The van der Waals surface area contributed by atoms with E-state index in [1.54, 1.807) is 0 Å². The molecule has 0 heterocycles. The lowest BCUT2D eigenvalue weighted by Crippen LogP contribution is -2.40. The highest BCUT2D eigenvalue weighted by Gasteiger charge is 2.38. The number of carboxylic acid groups (broad SMARTS) is 1. The van der Waals surface area contributed by atoms with Gasteiger partial charge in [0, 0.05) is 19.0 Å². The predicted molar refractivity (Wildman–Crippen MR) is 85.8 cm³/mol. The number of nitrogens with zero attached hydrogens (tertiary/aromatic N) is 1. The van der Waals surface area contributed by atoms with E-state index in [2.05, 4.69) is 11.4 Å². The molecule has 1 aromatic rings. The molecule has 0 radical (unpaired) electrons. The van der Waals surface area contributed by atoms with Crippen molar-refractivity contribution in [2.45, 2.75) is 38.1 Å². The van der Waals surface area contributed by atoms with Gasteiger partial charge in [-0.1, -0.05) is 30.3 Å². The minimum Gasteiger partial charge on any atom is -0.475 e. The number of unbranched alkanes of at least 4 members (excludes halogenated alkanes) is 1. The van der Waals surface area contributed by atoms with Crippen LogP contribution in [0.25, 0.3) is 0 Å². The molecule has 1 aromatic carbocycles. The van der Waals surface area contributed by atoms with E-state index in [-0.39, 0.29) is 12.6 Å². The van der Waals surface area contributed by atoms with Crippen molar-refractivity contribution in [1.29, 1.82) is 5.26 Å². The minimum absolute atomic E-state index is 0.142. The van der Waals surface area contributed by atoms with Crippen LogP contribution >= 0.6 is 0 Å². The van der Waals surface area contributed by atoms with Gasteiger partial charge in [0.1, 0.15) is 6.61 Å². The maximum Gasteiger partial charge on any atom is 0.490 e. The number of benzene rings is 1. The number of nitrogens with two attached hydrogens (primary N) is 1. The van der Waals surface area contributed by atoms with E-state index in [1.807, 2.05) is 30.3 Å². The fraction of sp³-hybridized carbons (Fsp3) is 0.438. The van der Waals surface area contributed by atoms with Gasteiger partial charge in [-0.25, -0.2) is 9.59 Å².